The Morgan fingerprint density at radius 3 is 2.65 bits per heavy atom. The summed E-state index contributed by atoms with van der Waals surface area (Å²) in [6.45, 7) is 1.28. The molecule has 0 spiro atoms. The van der Waals surface area contributed by atoms with Crippen LogP contribution in [0.1, 0.15) is 38.5 Å². The number of anilines is 2. The van der Waals surface area contributed by atoms with E-state index in [2.05, 4.69) is 11.4 Å². The van der Waals surface area contributed by atoms with Gasteiger partial charge in [0.15, 0.2) is 0 Å². The monoisotopic (exact) mass is 355 g/mol. The first-order valence-electron chi connectivity index (χ1n) is 9.57. The van der Waals surface area contributed by atoms with Crippen molar-refractivity contribution in [1.29, 1.82) is 0 Å². The number of benzene rings is 1. The van der Waals surface area contributed by atoms with Crippen molar-refractivity contribution in [2.24, 2.45) is 5.92 Å². The van der Waals surface area contributed by atoms with Gasteiger partial charge in [0.25, 0.3) is 0 Å². The largest absolute Gasteiger partial charge is 0.378 e. The van der Waals surface area contributed by atoms with Gasteiger partial charge in [0.1, 0.15) is 0 Å². The van der Waals surface area contributed by atoms with Gasteiger partial charge in [0.05, 0.1) is 5.92 Å². The number of rotatable bonds is 6. The Balaban J connectivity index is 1.50. The van der Waals surface area contributed by atoms with Gasteiger partial charge >= 0.3 is 0 Å². The average Bonchev–Trinajstić information content (AvgIpc) is 3.02. The SMILES string of the molecule is CN(C)c1ccc(NC(=O)C2CC(=O)N(CCC3=CCCCC3)C2)cc1. The van der Waals surface area contributed by atoms with Crippen molar-refractivity contribution < 1.29 is 9.59 Å². The van der Waals surface area contributed by atoms with Crippen LogP contribution < -0.4 is 10.2 Å². The van der Waals surface area contributed by atoms with Crippen LogP contribution in [0.25, 0.3) is 0 Å². The Morgan fingerprint density at radius 1 is 1.23 bits per heavy atom. The molecule has 2 aliphatic rings. The van der Waals surface area contributed by atoms with E-state index in [1.807, 2.05) is 48.2 Å². The van der Waals surface area contributed by atoms with Crippen LogP contribution in [0.4, 0.5) is 11.4 Å². The summed E-state index contributed by atoms with van der Waals surface area (Å²) in [6.07, 6.45) is 8.47. The smallest absolute Gasteiger partial charge is 0.229 e. The minimum absolute atomic E-state index is 0.0599. The van der Waals surface area contributed by atoms with Gasteiger partial charge in [-0.05, 0) is 56.4 Å². The first-order chi connectivity index (χ1) is 12.5. The van der Waals surface area contributed by atoms with Gasteiger partial charge in [-0.2, -0.15) is 0 Å². The Kier molecular flexibility index (Phi) is 5.96. The van der Waals surface area contributed by atoms with Gasteiger partial charge in [-0.1, -0.05) is 11.6 Å². The van der Waals surface area contributed by atoms with Crippen LogP contribution in [0.3, 0.4) is 0 Å². The molecular weight excluding hydrogens is 326 g/mol. The van der Waals surface area contributed by atoms with E-state index in [0.717, 1.165) is 30.8 Å². The maximum absolute atomic E-state index is 12.5. The molecule has 5 nitrogen and oxygen atoms in total. The summed E-state index contributed by atoms with van der Waals surface area (Å²) in [5, 5.41) is 2.95. The van der Waals surface area contributed by atoms with Gasteiger partial charge < -0.3 is 15.1 Å². The van der Waals surface area contributed by atoms with E-state index in [4.69, 9.17) is 0 Å². The molecule has 1 fully saturated rings. The summed E-state index contributed by atoms with van der Waals surface area (Å²) in [7, 11) is 3.96. The number of hydrogen-bond acceptors (Lipinski definition) is 3. The van der Waals surface area contributed by atoms with E-state index in [9.17, 15) is 9.59 Å². The average molecular weight is 355 g/mol. The number of amides is 2. The van der Waals surface area contributed by atoms with Crippen molar-refractivity contribution >= 4 is 23.2 Å². The molecule has 5 heteroatoms. The highest BCUT2D eigenvalue weighted by Gasteiger charge is 2.34. The van der Waals surface area contributed by atoms with Crippen molar-refractivity contribution in [3.8, 4) is 0 Å². The molecule has 0 aromatic heterocycles. The van der Waals surface area contributed by atoms with Crippen molar-refractivity contribution in [2.45, 2.75) is 38.5 Å². The summed E-state index contributed by atoms with van der Waals surface area (Å²) in [4.78, 5) is 28.6. The second-order valence-electron chi connectivity index (χ2n) is 7.53. The van der Waals surface area contributed by atoms with Crippen molar-refractivity contribution in [3.05, 3.63) is 35.9 Å². The van der Waals surface area contributed by atoms with Gasteiger partial charge in [-0.3, -0.25) is 9.59 Å². The normalized spacial score (nSPS) is 20.1. The molecule has 2 amide bonds. The highest BCUT2D eigenvalue weighted by Crippen LogP contribution is 2.24. The number of allylic oxidation sites excluding steroid dienone is 1. The molecule has 140 valence electrons. The lowest BCUT2D eigenvalue weighted by Crippen LogP contribution is -2.29. The zero-order valence-electron chi connectivity index (χ0n) is 15.8. The van der Waals surface area contributed by atoms with Crippen LogP contribution in [0, 0.1) is 5.92 Å². The fraction of sp³-hybridized carbons (Fsp3) is 0.524. The number of nitrogens with zero attached hydrogens (tertiary/aromatic N) is 2. The topological polar surface area (TPSA) is 52.7 Å². The molecule has 1 saturated heterocycles. The molecule has 1 N–H and O–H groups in total. The molecule has 1 unspecified atom stereocenters. The van der Waals surface area contributed by atoms with Crippen LogP contribution in [-0.4, -0.2) is 43.9 Å². The van der Waals surface area contributed by atoms with Crippen molar-refractivity contribution in [2.75, 3.05) is 37.4 Å². The maximum atomic E-state index is 12.5. The minimum Gasteiger partial charge on any atom is -0.378 e. The lowest BCUT2D eigenvalue weighted by Gasteiger charge is -2.19. The third kappa shape index (κ3) is 4.65. The molecule has 1 aromatic rings. The number of carbonyl (C=O) groups is 2. The Bertz CT molecular complexity index is 679. The molecule has 0 bridgehead atoms. The summed E-state index contributed by atoms with van der Waals surface area (Å²) in [5.74, 6) is -0.212. The van der Waals surface area contributed by atoms with Gasteiger partial charge in [-0.25, -0.2) is 0 Å². The Labute approximate surface area is 156 Å². The zero-order valence-corrected chi connectivity index (χ0v) is 15.8. The first kappa shape index (κ1) is 18.5. The summed E-state index contributed by atoms with van der Waals surface area (Å²) < 4.78 is 0. The molecule has 0 radical (unpaired) electrons. The molecule has 1 aliphatic heterocycles. The standard InChI is InChI=1S/C21H29N3O2/c1-23(2)19-10-8-18(9-11-19)22-21(26)17-14-20(25)24(15-17)13-12-16-6-4-3-5-7-16/h6,8-11,17H,3-5,7,12-15H2,1-2H3,(H,22,26). The van der Waals surface area contributed by atoms with E-state index in [-0.39, 0.29) is 17.7 Å². The van der Waals surface area contributed by atoms with Crippen LogP contribution in [0.5, 0.6) is 0 Å². The molecule has 1 aliphatic carbocycles. The summed E-state index contributed by atoms with van der Waals surface area (Å²) >= 11 is 0. The molecule has 1 heterocycles. The van der Waals surface area contributed by atoms with Crippen molar-refractivity contribution in [3.63, 3.8) is 0 Å². The van der Waals surface area contributed by atoms with E-state index < -0.39 is 0 Å². The fourth-order valence-corrected chi connectivity index (χ4v) is 3.66. The second-order valence-corrected chi connectivity index (χ2v) is 7.53. The number of nitrogens with one attached hydrogen (secondary N) is 1. The molecule has 0 saturated carbocycles. The quantitative estimate of drug-likeness (QED) is 0.796. The predicted octanol–water partition coefficient (Wildman–Crippen LogP) is 3.43. The zero-order chi connectivity index (χ0) is 18.5. The third-order valence-electron chi connectivity index (χ3n) is 5.32. The molecule has 3 rings (SSSR count). The molecule has 26 heavy (non-hydrogen) atoms. The van der Waals surface area contributed by atoms with Gasteiger partial charge in [0, 0.05) is 45.0 Å². The maximum Gasteiger partial charge on any atom is 0.229 e. The number of likely N-dealkylation sites (tertiary alicyclic amines) is 1. The molecular formula is C21H29N3O2. The van der Waals surface area contributed by atoms with E-state index in [1.165, 1.54) is 24.8 Å². The summed E-state index contributed by atoms with van der Waals surface area (Å²) in [5.41, 5.74) is 3.33. The highest BCUT2D eigenvalue weighted by atomic mass is 16.2. The highest BCUT2D eigenvalue weighted by molar-refractivity contribution is 5.97. The lowest BCUT2D eigenvalue weighted by molar-refractivity contribution is -0.128. The predicted molar refractivity (Wildman–Crippen MR) is 105 cm³/mol. The van der Waals surface area contributed by atoms with Crippen LogP contribution in [0.15, 0.2) is 35.9 Å². The third-order valence-corrected chi connectivity index (χ3v) is 5.32. The van der Waals surface area contributed by atoms with E-state index in [0.29, 0.717) is 13.0 Å². The number of hydrogen-bond donors (Lipinski definition) is 1. The van der Waals surface area contributed by atoms with Crippen LogP contribution >= 0.6 is 0 Å². The molecule has 1 atom stereocenters. The second kappa shape index (κ2) is 8.39. The fourth-order valence-electron chi connectivity index (χ4n) is 3.66. The minimum atomic E-state index is -0.253. The number of carbonyl (C=O) groups excluding carboxylic acids is 2. The Hall–Kier alpha value is -2.30. The van der Waals surface area contributed by atoms with Gasteiger partial charge in [-0.15, -0.1) is 0 Å². The molecule has 1 aromatic carbocycles. The first-order valence-corrected chi connectivity index (χ1v) is 9.57. The van der Waals surface area contributed by atoms with E-state index >= 15 is 0 Å². The van der Waals surface area contributed by atoms with Crippen molar-refractivity contribution in [1.82, 2.24) is 4.90 Å². The van der Waals surface area contributed by atoms with Gasteiger partial charge in [0.2, 0.25) is 11.8 Å². The Morgan fingerprint density at radius 2 is 2.00 bits per heavy atom. The lowest BCUT2D eigenvalue weighted by atomic mass is 9.97. The summed E-state index contributed by atoms with van der Waals surface area (Å²) in [6, 6.07) is 7.74. The van der Waals surface area contributed by atoms with Crippen LogP contribution in [0.2, 0.25) is 0 Å². The van der Waals surface area contributed by atoms with E-state index in [1.54, 1.807) is 0 Å². The van der Waals surface area contributed by atoms with Crippen LogP contribution in [-0.2, 0) is 9.59 Å².